The highest BCUT2D eigenvalue weighted by molar-refractivity contribution is 5.95. The van der Waals surface area contributed by atoms with Gasteiger partial charge in [-0.25, -0.2) is 0 Å². The summed E-state index contributed by atoms with van der Waals surface area (Å²) < 4.78 is 4.76. The summed E-state index contributed by atoms with van der Waals surface area (Å²) in [7, 11) is 1.50. The zero-order valence-electron chi connectivity index (χ0n) is 5.26. The van der Waals surface area contributed by atoms with Gasteiger partial charge in [0.2, 0.25) is 5.78 Å². The molecule has 0 heterocycles. The Morgan fingerprint density at radius 3 is 2.89 bits per heavy atom. The highest BCUT2D eigenvalue weighted by Crippen LogP contribution is 2.06. The highest BCUT2D eigenvalue weighted by Gasteiger charge is 2.08. The standard InChI is InChI=1S/C7H8O2/c1-9-7-5-3-2-4-6(7)8/h2-3,5H,4H2,1H3. The molecule has 0 aromatic rings. The summed E-state index contributed by atoms with van der Waals surface area (Å²) in [6.07, 6.45) is 5.77. The molecule has 1 aliphatic rings. The third-order valence-electron chi connectivity index (χ3n) is 1.18. The first-order chi connectivity index (χ1) is 4.34. The average molecular weight is 124 g/mol. The first-order valence-electron chi connectivity index (χ1n) is 2.78. The van der Waals surface area contributed by atoms with Crippen molar-refractivity contribution in [2.24, 2.45) is 0 Å². The topological polar surface area (TPSA) is 26.3 Å². The quantitative estimate of drug-likeness (QED) is 0.522. The van der Waals surface area contributed by atoms with Crippen LogP contribution in [-0.2, 0) is 9.53 Å². The van der Waals surface area contributed by atoms with Crippen molar-refractivity contribution in [1.82, 2.24) is 0 Å². The van der Waals surface area contributed by atoms with Crippen molar-refractivity contribution in [1.29, 1.82) is 0 Å². The van der Waals surface area contributed by atoms with E-state index in [9.17, 15) is 4.79 Å². The molecule has 48 valence electrons. The van der Waals surface area contributed by atoms with Crippen LogP contribution in [0.3, 0.4) is 0 Å². The van der Waals surface area contributed by atoms with Crippen LogP contribution in [0.25, 0.3) is 0 Å². The lowest BCUT2D eigenvalue weighted by atomic mass is 10.1. The Labute approximate surface area is 53.8 Å². The Balaban J connectivity index is 2.74. The van der Waals surface area contributed by atoms with Gasteiger partial charge in [-0.3, -0.25) is 4.79 Å². The van der Waals surface area contributed by atoms with E-state index in [1.807, 2.05) is 12.2 Å². The number of carbonyl (C=O) groups excluding carboxylic acids is 1. The second-order valence-electron chi connectivity index (χ2n) is 1.79. The molecule has 0 fully saturated rings. The Bertz CT molecular complexity index is 177. The predicted molar refractivity (Wildman–Crippen MR) is 33.9 cm³/mol. The monoisotopic (exact) mass is 124 g/mol. The summed E-state index contributed by atoms with van der Waals surface area (Å²) >= 11 is 0. The first kappa shape index (κ1) is 6.08. The van der Waals surface area contributed by atoms with E-state index >= 15 is 0 Å². The number of carbonyl (C=O) groups is 1. The second-order valence-corrected chi connectivity index (χ2v) is 1.79. The summed E-state index contributed by atoms with van der Waals surface area (Å²) in [4.78, 5) is 10.8. The normalized spacial score (nSPS) is 17.4. The maximum atomic E-state index is 10.8. The largest absolute Gasteiger partial charge is 0.493 e. The Hall–Kier alpha value is -1.05. The molecule has 0 saturated heterocycles. The van der Waals surface area contributed by atoms with Gasteiger partial charge in [0.05, 0.1) is 7.11 Å². The molecule has 0 bridgehead atoms. The number of hydrogen-bond acceptors (Lipinski definition) is 2. The SMILES string of the molecule is COC1=CC=CCC1=O. The number of ketones is 1. The Morgan fingerprint density at radius 1 is 1.67 bits per heavy atom. The van der Waals surface area contributed by atoms with Crippen molar-refractivity contribution in [3.63, 3.8) is 0 Å². The van der Waals surface area contributed by atoms with E-state index in [0.717, 1.165) is 0 Å². The van der Waals surface area contributed by atoms with Crippen LogP contribution in [0, 0.1) is 0 Å². The van der Waals surface area contributed by atoms with Crippen molar-refractivity contribution < 1.29 is 9.53 Å². The molecule has 0 spiro atoms. The number of hydrogen-bond donors (Lipinski definition) is 0. The molecule has 0 amide bonds. The highest BCUT2D eigenvalue weighted by atomic mass is 16.5. The summed E-state index contributed by atoms with van der Waals surface area (Å²) in [5, 5.41) is 0. The van der Waals surface area contributed by atoms with E-state index in [2.05, 4.69) is 0 Å². The summed E-state index contributed by atoms with van der Waals surface area (Å²) in [6, 6.07) is 0. The summed E-state index contributed by atoms with van der Waals surface area (Å²) in [5.41, 5.74) is 0. The van der Waals surface area contributed by atoms with Gasteiger partial charge in [-0.2, -0.15) is 0 Å². The molecule has 0 N–H and O–H groups in total. The number of methoxy groups -OCH3 is 1. The van der Waals surface area contributed by atoms with Gasteiger partial charge < -0.3 is 4.74 Å². The lowest BCUT2D eigenvalue weighted by molar-refractivity contribution is -0.117. The zero-order valence-corrected chi connectivity index (χ0v) is 5.26. The van der Waals surface area contributed by atoms with Crippen LogP contribution in [-0.4, -0.2) is 12.9 Å². The fraction of sp³-hybridized carbons (Fsp3) is 0.286. The van der Waals surface area contributed by atoms with E-state index in [0.29, 0.717) is 12.2 Å². The maximum Gasteiger partial charge on any atom is 0.201 e. The molecule has 1 rings (SSSR count). The lowest BCUT2D eigenvalue weighted by Crippen LogP contribution is -2.04. The van der Waals surface area contributed by atoms with E-state index < -0.39 is 0 Å². The van der Waals surface area contributed by atoms with Gasteiger partial charge >= 0.3 is 0 Å². The molecule has 9 heavy (non-hydrogen) atoms. The molecule has 0 aromatic heterocycles. The number of Topliss-reactive ketones (excluding diaryl/α,β-unsaturated/α-hetero) is 1. The van der Waals surface area contributed by atoms with Gasteiger partial charge in [0, 0.05) is 6.42 Å². The molecule has 1 aliphatic carbocycles. The fourth-order valence-electron chi connectivity index (χ4n) is 0.706. The third kappa shape index (κ3) is 1.19. The van der Waals surface area contributed by atoms with Crippen LogP contribution in [0.2, 0.25) is 0 Å². The van der Waals surface area contributed by atoms with Crippen LogP contribution in [0.5, 0.6) is 0 Å². The molecule has 0 atom stereocenters. The van der Waals surface area contributed by atoms with Crippen molar-refractivity contribution in [3.8, 4) is 0 Å². The van der Waals surface area contributed by atoms with Crippen molar-refractivity contribution in [3.05, 3.63) is 24.0 Å². The molecular weight excluding hydrogens is 116 g/mol. The first-order valence-corrected chi connectivity index (χ1v) is 2.78. The van der Waals surface area contributed by atoms with Gasteiger partial charge in [0.25, 0.3) is 0 Å². The van der Waals surface area contributed by atoms with Crippen LogP contribution >= 0.6 is 0 Å². The fourth-order valence-corrected chi connectivity index (χ4v) is 0.706. The Kier molecular flexibility index (Phi) is 1.68. The number of allylic oxidation sites excluding steroid dienone is 4. The lowest BCUT2D eigenvalue weighted by Gasteiger charge is -2.04. The van der Waals surface area contributed by atoms with Crippen LogP contribution < -0.4 is 0 Å². The zero-order chi connectivity index (χ0) is 6.69. The van der Waals surface area contributed by atoms with Gasteiger partial charge in [-0.1, -0.05) is 12.2 Å². The molecule has 0 unspecified atom stereocenters. The molecule has 0 radical (unpaired) electrons. The van der Waals surface area contributed by atoms with E-state index in [1.165, 1.54) is 7.11 Å². The van der Waals surface area contributed by atoms with Crippen molar-refractivity contribution in [2.45, 2.75) is 6.42 Å². The second kappa shape index (κ2) is 2.49. The van der Waals surface area contributed by atoms with Gasteiger partial charge in [-0.15, -0.1) is 0 Å². The molecule has 2 nitrogen and oxygen atoms in total. The van der Waals surface area contributed by atoms with Crippen molar-refractivity contribution in [2.75, 3.05) is 7.11 Å². The van der Waals surface area contributed by atoms with E-state index in [4.69, 9.17) is 4.74 Å². The van der Waals surface area contributed by atoms with Gasteiger partial charge in [0.15, 0.2) is 5.76 Å². The minimum absolute atomic E-state index is 0.0556. The molecular formula is C7H8O2. The number of ether oxygens (including phenoxy) is 1. The molecule has 0 aromatic carbocycles. The molecule has 0 saturated carbocycles. The third-order valence-corrected chi connectivity index (χ3v) is 1.18. The Morgan fingerprint density at radius 2 is 2.44 bits per heavy atom. The minimum atomic E-state index is 0.0556. The van der Waals surface area contributed by atoms with Crippen LogP contribution in [0.15, 0.2) is 24.0 Å². The summed E-state index contributed by atoms with van der Waals surface area (Å²) in [6.45, 7) is 0. The van der Waals surface area contributed by atoms with Crippen LogP contribution in [0.1, 0.15) is 6.42 Å². The minimum Gasteiger partial charge on any atom is -0.493 e. The van der Waals surface area contributed by atoms with Gasteiger partial charge in [0.1, 0.15) is 0 Å². The smallest absolute Gasteiger partial charge is 0.201 e. The van der Waals surface area contributed by atoms with Gasteiger partial charge in [-0.05, 0) is 6.08 Å². The average Bonchev–Trinajstić information content (AvgIpc) is 1.89. The maximum absolute atomic E-state index is 10.8. The van der Waals surface area contributed by atoms with E-state index in [-0.39, 0.29) is 5.78 Å². The summed E-state index contributed by atoms with van der Waals surface area (Å²) in [5.74, 6) is 0.512. The number of rotatable bonds is 1. The molecule has 0 aliphatic heterocycles. The van der Waals surface area contributed by atoms with Crippen LogP contribution in [0.4, 0.5) is 0 Å². The van der Waals surface area contributed by atoms with Crippen molar-refractivity contribution >= 4 is 5.78 Å². The molecule has 2 heteroatoms. The van der Waals surface area contributed by atoms with E-state index in [1.54, 1.807) is 6.08 Å². The predicted octanol–water partition coefficient (Wildman–Crippen LogP) is 1.05.